The number of ketones is 1. The van der Waals surface area contributed by atoms with Crippen molar-refractivity contribution in [2.75, 3.05) is 5.32 Å². The molecule has 2 aliphatic rings. The minimum Gasteiger partial charge on any atom is -0.362 e. The average Bonchev–Trinajstić information content (AvgIpc) is 2.66. The number of nitrogens with one attached hydrogen (secondary N) is 2. The highest BCUT2D eigenvalue weighted by molar-refractivity contribution is 6.30. The van der Waals surface area contributed by atoms with Gasteiger partial charge in [0.15, 0.2) is 5.78 Å². The lowest BCUT2D eigenvalue weighted by atomic mass is 9.73. The van der Waals surface area contributed by atoms with Crippen LogP contribution in [-0.2, 0) is 9.59 Å². The van der Waals surface area contributed by atoms with Crippen molar-refractivity contribution in [3.8, 4) is 0 Å². The van der Waals surface area contributed by atoms with Gasteiger partial charge >= 0.3 is 0 Å². The van der Waals surface area contributed by atoms with Gasteiger partial charge in [-0.3, -0.25) is 9.59 Å². The number of hydrogen-bond donors (Lipinski definition) is 2. The van der Waals surface area contributed by atoms with Crippen molar-refractivity contribution in [2.45, 2.75) is 39.5 Å². The molecule has 30 heavy (non-hydrogen) atoms. The molecule has 5 nitrogen and oxygen atoms in total. The summed E-state index contributed by atoms with van der Waals surface area (Å²) in [6, 6.07) is 12.9. The van der Waals surface area contributed by atoms with Crippen molar-refractivity contribution in [1.82, 2.24) is 10.3 Å². The van der Waals surface area contributed by atoms with Crippen molar-refractivity contribution in [3.63, 3.8) is 0 Å². The summed E-state index contributed by atoms with van der Waals surface area (Å²) < 4.78 is 0. The highest BCUT2D eigenvalue weighted by Crippen LogP contribution is 2.43. The van der Waals surface area contributed by atoms with Crippen LogP contribution in [0.25, 0.3) is 0 Å². The minimum absolute atomic E-state index is 0.0766. The molecule has 154 valence electrons. The van der Waals surface area contributed by atoms with E-state index in [0.29, 0.717) is 28.4 Å². The Morgan fingerprint density at radius 2 is 1.93 bits per heavy atom. The molecule has 0 bridgehead atoms. The maximum absolute atomic E-state index is 13.4. The number of nitrogens with zero attached hydrogens (tertiary/aromatic N) is 1. The fraction of sp³-hybridized carbons (Fsp3) is 0.292. The molecule has 0 spiro atoms. The van der Waals surface area contributed by atoms with Gasteiger partial charge in [0.05, 0.1) is 0 Å². The Bertz CT molecular complexity index is 1100. The lowest BCUT2D eigenvalue weighted by Crippen LogP contribution is -2.37. The van der Waals surface area contributed by atoms with Crippen LogP contribution in [0.2, 0.25) is 5.02 Å². The molecule has 0 saturated heterocycles. The summed E-state index contributed by atoms with van der Waals surface area (Å²) in [4.78, 5) is 30.9. The van der Waals surface area contributed by atoms with E-state index in [0.717, 1.165) is 29.1 Å². The fourth-order valence-electron chi connectivity index (χ4n) is 4.35. The average molecular weight is 422 g/mol. The van der Waals surface area contributed by atoms with E-state index in [-0.39, 0.29) is 17.6 Å². The standard InChI is InChI=1S/C24H24ClN3O2/c1-13-10-18-23(19(29)11-13)22(16-7-5-8-17(25)12-16)21(15(3)27-18)24(30)28-20-9-4-6-14(2)26-20/h4-9,12-13,22,27H,10-11H2,1-3H3,(H,26,28,30)/t13-,22+/m0/s1. The van der Waals surface area contributed by atoms with Gasteiger partial charge in [0.2, 0.25) is 0 Å². The Balaban J connectivity index is 1.80. The topological polar surface area (TPSA) is 71.1 Å². The number of dihydropyridines is 1. The lowest BCUT2D eigenvalue weighted by Gasteiger charge is -2.36. The lowest BCUT2D eigenvalue weighted by molar-refractivity contribution is -0.117. The van der Waals surface area contributed by atoms with Crippen molar-refractivity contribution < 1.29 is 9.59 Å². The van der Waals surface area contributed by atoms with E-state index in [2.05, 4.69) is 22.5 Å². The molecular weight excluding hydrogens is 398 g/mol. The molecule has 1 aromatic carbocycles. The van der Waals surface area contributed by atoms with Crippen LogP contribution in [0.1, 0.15) is 43.9 Å². The van der Waals surface area contributed by atoms with E-state index < -0.39 is 5.92 Å². The zero-order chi connectivity index (χ0) is 21.4. The summed E-state index contributed by atoms with van der Waals surface area (Å²) in [5.74, 6) is 0.0791. The molecule has 0 fully saturated rings. The van der Waals surface area contributed by atoms with Gasteiger partial charge in [0.1, 0.15) is 5.82 Å². The van der Waals surface area contributed by atoms with Gasteiger partial charge in [-0.05, 0) is 56.0 Å². The number of rotatable bonds is 3. The molecule has 2 aromatic rings. The van der Waals surface area contributed by atoms with E-state index >= 15 is 0 Å². The second kappa shape index (κ2) is 8.07. The van der Waals surface area contributed by atoms with E-state index in [9.17, 15) is 9.59 Å². The smallest absolute Gasteiger partial charge is 0.255 e. The molecule has 2 atom stereocenters. The van der Waals surface area contributed by atoms with Crippen LogP contribution in [0.15, 0.2) is 65.0 Å². The number of allylic oxidation sites excluding steroid dienone is 3. The molecule has 2 heterocycles. The summed E-state index contributed by atoms with van der Waals surface area (Å²) >= 11 is 6.27. The zero-order valence-electron chi connectivity index (χ0n) is 17.3. The molecule has 4 rings (SSSR count). The molecule has 1 amide bonds. The number of anilines is 1. The Labute approximate surface area is 181 Å². The van der Waals surface area contributed by atoms with E-state index in [1.165, 1.54) is 0 Å². The third kappa shape index (κ3) is 3.90. The van der Waals surface area contributed by atoms with Gasteiger partial charge in [0.25, 0.3) is 5.91 Å². The minimum atomic E-state index is -0.468. The third-order valence-electron chi connectivity index (χ3n) is 5.59. The van der Waals surface area contributed by atoms with Crippen LogP contribution in [0.5, 0.6) is 0 Å². The van der Waals surface area contributed by atoms with Crippen molar-refractivity contribution >= 4 is 29.1 Å². The van der Waals surface area contributed by atoms with Gasteiger partial charge in [-0.15, -0.1) is 0 Å². The molecule has 6 heteroatoms. The first-order valence-electron chi connectivity index (χ1n) is 10.1. The normalized spacial score (nSPS) is 21.3. The fourth-order valence-corrected chi connectivity index (χ4v) is 4.55. The molecule has 2 N–H and O–H groups in total. The van der Waals surface area contributed by atoms with Gasteiger partial charge in [0, 0.05) is 45.6 Å². The number of pyridine rings is 1. The number of aryl methyl sites for hydroxylation is 1. The summed E-state index contributed by atoms with van der Waals surface area (Å²) in [7, 11) is 0. The predicted octanol–water partition coefficient (Wildman–Crippen LogP) is 4.90. The predicted molar refractivity (Wildman–Crippen MR) is 118 cm³/mol. The zero-order valence-corrected chi connectivity index (χ0v) is 18.0. The van der Waals surface area contributed by atoms with Crippen molar-refractivity contribution in [1.29, 1.82) is 0 Å². The number of benzene rings is 1. The van der Waals surface area contributed by atoms with Gasteiger partial charge in [-0.2, -0.15) is 0 Å². The van der Waals surface area contributed by atoms with E-state index in [4.69, 9.17) is 11.6 Å². The SMILES string of the molecule is CC1=C(C(=O)Nc2cccc(C)n2)[C@@H](c2cccc(Cl)c2)C2=C(C[C@H](C)CC2=O)N1. The highest BCUT2D eigenvalue weighted by Gasteiger charge is 2.39. The van der Waals surface area contributed by atoms with Crippen LogP contribution in [0.3, 0.4) is 0 Å². The van der Waals surface area contributed by atoms with Gasteiger partial charge in [-0.25, -0.2) is 4.98 Å². The molecule has 0 saturated carbocycles. The van der Waals surface area contributed by atoms with E-state index in [1.807, 2.05) is 44.2 Å². The quantitative estimate of drug-likeness (QED) is 0.739. The number of carbonyl (C=O) groups excluding carboxylic acids is 2. The Morgan fingerprint density at radius 1 is 1.17 bits per heavy atom. The van der Waals surface area contributed by atoms with Crippen LogP contribution in [-0.4, -0.2) is 16.7 Å². The molecule has 1 aromatic heterocycles. The monoisotopic (exact) mass is 421 g/mol. The number of aromatic nitrogens is 1. The van der Waals surface area contributed by atoms with Crippen LogP contribution < -0.4 is 10.6 Å². The maximum atomic E-state index is 13.4. The van der Waals surface area contributed by atoms with Crippen LogP contribution >= 0.6 is 11.6 Å². The van der Waals surface area contributed by atoms with Gasteiger partial charge < -0.3 is 10.6 Å². The first-order chi connectivity index (χ1) is 14.3. The first kappa shape index (κ1) is 20.4. The Hall–Kier alpha value is -2.92. The highest BCUT2D eigenvalue weighted by atomic mass is 35.5. The summed E-state index contributed by atoms with van der Waals surface area (Å²) in [5, 5.41) is 6.82. The van der Waals surface area contributed by atoms with Crippen molar-refractivity contribution in [3.05, 3.63) is 81.3 Å². The molecule has 1 aliphatic heterocycles. The number of carbonyl (C=O) groups is 2. The number of halogens is 1. The Kier molecular flexibility index (Phi) is 5.48. The third-order valence-corrected chi connectivity index (χ3v) is 5.82. The second-order valence-electron chi connectivity index (χ2n) is 8.10. The van der Waals surface area contributed by atoms with Crippen LogP contribution in [0, 0.1) is 12.8 Å². The molecule has 0 radical (unpaired) electrons. The number of amides is 1. The number of Topliss-reactive ketones (excluding diaryl/α,β-unsaturated/α-hetero) is 1. The number of hydrogen-bond acceptors (Lipinski definition) is 4. The Morgan fingerprint density at radius 3 is 2.67 bits per heavy atom. The summed E-state index contributed by atoms with van der Waals surface area (Å²) in [6.07, 6.45) is 1.26. The second-order valence-corrected chi connectivity index (χ2v) is 8.54. The maximum Gasteiger partial charge on any atom is 0.255 e. The largest absolute Gasteiger partial charge is 0.362 e. The van der Waals surface area contributed by atoms with Crippen molar-refractivity contribution in [2.24, 2.45) is 5.92 Å². The first-order valence-corrected chi connectivity index (χ1v) is 10.5. The summed E-state index contributed by atoms with van der Waals surface area (Å²) in [5.41, 5.74) is 4.48. The van der Waals surface area contributed by atoms with E-state index in [1.54, 1.807) is 12.1 Å². The van der Waals surface area contributed by atoms with Crippen LogP contribution in [0.4, 0.5) is 5.82 Å². The molecule has 1 aliphatic carbocycles. The summed E-state index contributed by atoms with van der Waals surface area (Å²) in [6.45, 7) is 5.82. The molecular formula is C24H24ClN3O2. The molecule has 0 unspecified atom stereocenters. The van der Waals surface area contributed by atoms with Gasteiger partial charge in [-0.1, -0.05) is 36.7 Å².